The molecule has 0 atom stereocenters. The molecular weight excluding hydrogens is 324 g/mol. The lowest BCUT2D eigenvalue weighted by Gasteiger charge is -2.15. The molecule has 0 bridgehead atoms. The number of hydrogen-bond acceptors (Lipinski definition) is 4. The van der Waals surface area contributed by atoms with Crippen molar-refractivity contribution in [3.8, 4) is 5.75 Å². The molecule has 0 unspecified atom stereocenters. The molecule has 0 aliphatic carbocycles. The molecule has 1 aromatic heterocycles. The van der Waals surface area contributed by atoms with E-state index >= 15 is 0 Å². The van der Waals surface area contributed by atoms with Crippen LogP contribution in [-0.4, -0.2) is 26.9 Å². The second kappa shape index (κ2) is 5.81. The number of aromatic nitrogens is 1. The fourth-order valence-corrected chi connectivity index (χ4v) is 1.43. The summed E-state index contributed by atoms with van der Waals surface area (Å²) in [4.78, 5) is 24.5. The van der Waals surface area contributed by atoms with Gasteiger partial charge in [0.05, 0.1) is 6.42 Å². The molecule has 122 valence electrons. The van der Waals surface area contributed by atoms with Crippen molar-refractivity contribution in [1.82, 2.24) is 4.98 Å². The lowest BCUT2D eigenvalue weighted by molar-refractivity contribution is -0.146. The normalized spacial score (nSPS) is 12.3. The number of carbonyl (C=O) groups excluding carboxylic acids is 1. The average Bonchev–Trinajstić information content (AvgIpc) is 2.33. The molecule has 0 fully saturated rings. The third-order valence-corrected chi connectivity index (χ3v) is 2.42. The molecule has 1 aromatic rings. The Morgan fingerprint density at radius 2 is 1.59 bits per heavy atom. The topological polar surface area (TPSA) is 87.5 Å². The largest absolute Gasteiger partial charge is 0.505 e. The molecule has 22 heavy (non-hydrogen) atoms. The van der Waals surface area contributed by atoms with Gasteiger partial charge in [-0.05, 0) is 6.07 Å². The quantitative estimate of drug-likeness (QED) is 0.654. The van der Waals surface area contributed by atoms with Crippen LogP contribution in [0.2, 0.25) is 0 Å². The van der Waals surface area contributed by atoms with Gasteiger partial charge < -0.3 is 10.2 Å². The number of pyridine rings is 1. The van der Waals surface area contributed by atoms with Crippen molar-refractivity contribution in [2.24, 2.45) is 0 Å². The molecule has 0 saturated carbocycles. The summed E-state index contributed by atoms with van der Waals surface area (Å²) < 4.78 is 75.4. The highest BCUT2D eigenvalue weighted by molar-refractivity contribution is 5.98. The number of rotatable bonds is 4. The first-order valence-electron chi connectivity index (χ1n) is 5.47. The summed E-state index contributed by atoms with van der Waals surface area (Å²) in [5, 5.41) is 17.7. The Morgan fingerprint density at radius 1 is 1.05 bits per heavy atom. The third-order valence-electron chi connectivity index (χ3n) is 2.42. The Hall–Kier alpha value is -2.33. The first kappa shape index (κ1) is 17.7. The Morgan fingerprint density at radius 3 is 2.00 bits per heavy atom. The van der Waals surface area contributed by atoms with Gasteiger partial charge in [0.1, 0.15) is 17.0 Å². The fourth-order valence-electron chi connectivity index (χ4n) is 1.43. The lowest BCUT2D eigenvalue weighted by Crippen LogP contribution is -2.17. The van der Waals surface area contributed by atoms with E-state index in [1.807, 2.05) is 0 Å². The van der Waals surface area contributed by atoms with Crippen LogP contribution < -0.4 is 0 Å². The van der Waals surface area contributed by atoms with Crippen LogP contribution in [0.15, 0.2) is 6.07 Å². The Bertz CT molecular complexity index is 608. The number of alkyl halides is 6. The molecular formula is C11H7F6NO4. The highest BCUT2D eigenvalue weighted by Gasteiger charge is 2.41. The van der Waals surface area contributed by atoms with E-state index in [4.69, 9.17) is 5.11 Å². The molecule has 11 heteroatoms. The number of carboxylic acid groups (broad SMARTS) is 1. The minimum absolute atomic E-state index is 0.427. The van der Waals surface area contributed by atoms with Crippen LogP contribution in [0.1, 0.15) is 34.6 Å². The minimum Gasteiger partial charge on any atom is -0.505 e. The highest BCUT2D eigenvalue weighted by atomic mass is 19.4. The van der Waals surface area contributed by atoms with Gasteiger partial charge in [-0.15, -0.1) is 0 Å². The summed E-state index contributed by atoms with van der Waals surface area (Å²) in [5.74, 6) is -4.71. The summed E-state index contributed by atoms with van der Waals surface area (Å²) in [7, 11) is 0. The van der Waals surface area contributed by atoms with Crippen LogP contribution >= 0.6 is 0 Å². The predicted molar refractivity (Wildman–Crippen MR) is 57.1 cm³/mol. The SMILES string of the molecule is O=C(O)CCC(=O)c1nc(C(F)(F)F)cc(C(F)(F)F)c1O. The number of ketones is 1. The van der Waals surface area contributed by atoms with E-state index in [-0.39, 0.29) is 0 Å². The van der Waals surface area contributed by atoms with Crippen molar-refractivity contribution in [1.29, 1.82) is 0 Å². The predicted octanol–water partition coefficient (Wildman–Crippen LogP) is 2.87. The minimum atomic E-state index is -5.35. The first-order chi connectivity index (χ1) is 9.84. The molecule has 0 aliphatic rings. The number of Topliss-reactive ketones (excluding diaryl/α,β-unsaturated/α-hetero) is 1. The summed E-state index contributed by atoms with van der Waals surface area (Å²) in [6.45, 7) is 0. The number of carboxylic acids is 1. The maximum atomic E-state index is 12.6. The number of halogens is 6. The molecule has 0 radical (unpaired) electrons. The van der Waals surface area contributed by atoms with E-state index in [1.165, 1.54) is 0 Å². The van der Waals surface area contributed by atoms with Crippen molar-refractivity contribution in [3.05, 3.63) is 23.0 Å². The van der Waals surface area contributed by atoms with E-state index in [0.29, 0.717) is 0 Å². The van der Waals surface area contributed by atoms with Gasteiger partial charge in [0.2, 0.25) is 0 Å². The molecule has 2 N–H and O–H groups in total. The van der Waals surface area contributed by atoms with Gasteiger partial charge in [0.25, 0.3) is 0 Å². The number of hydrogen-bond donors (Lipinski definition) is 2. The van der Waals surface area contributed by atoms with Gasteiger partial charge in [-0.2, -0.15) is 26.3 Å². The van der Waals surface area contributed by atoms with E-state index < -0.39 is 65.7 Å². The second-order valence-corrected chi connectivity index (χ2v) is 4.06. The van der Waals surface area contributed by atoms with Gasteiger partial charge in [-0.1, -0.05) is 0 Å². The standard InChI is InChI=1S/C11H7F6NO4/c12-10(13,14)4-3-6(11(15,16)17)18-8(9(4)22)5(19)1-2-7(20)21/h3,22H,1-2H2,(H,20,21). The monoisotopic (exact) mass is 331 g/mol. The van der Waals surface area contributed by atoms with E-state index in [1.54, 1.807) is 0 Å². The lowest BCUT2D eigenvalue weighted by atomic mass is 10.1. The zero-order valence-corrected chi connectivity index (χ0v) is 10.4. The van der Waals surface area contributed by atoms with Gasteiger partial charge >= 0.3 is 18.3 Å². The Balaban J connectivity index is 3.43. The van der Waals surface area contributed by atoms with Crippen LogP contribution in [0, 0.1) is 0 Å². The number of aromatic hydroxyl groups is 1. The van der Waals surface area contributed by atoms with Crippen LogP contribution in [-0.2, 0) is 17.1 Å². The van der Waals surface area contributed by atoms with Gasteiger partial charge in [0.15, 0.2) is 11.5 Å². The molecule has 0 spiro atoms. The van der Waals surface area contributed by atoms with Crippen molar-refractivity contribution in [2.75, 3.05) is 0 Å². The van der Waals surface area contributed by atoms with Gasteiger partial charge in [-0.25, -0.2) is 4.98 Å². The summed E-state index contributed by atoms with van der Waals surface area (Å²) in [5.41, 5.74) is -5.56. The smallest absolute Gasteiger partial charge is 0.433 e. The Kier molecular flexibility index (Phi) is 4.68. The van der Waals surface area contributed by atoms with Crippen molar-refractivity contribution in [3.63, 3.8) is 0 Å². The molecule has 1 rings (SSSR count). The van der Waals surface area contributed by atoms with Crippen molar-refractivity contribution < 1.29 is 46.1 Å². The van der Waals surface area contributed by atoms with Crippen LogP contribution in [0.3, 0.4) is 0 Å². The van der Waals surface area contributed by atoms with E-state index in [9.17, 15) is 41.0 Å². The Labute approximate surface area is 118 Å². The number of aliphatic carboxylic acids is 1. The molecule has 0 aliphatic heterocycles. The first-order valence-corrected chi connectivity index (χ1v) is 5.47. The van der Waals surface area contributed by atoms with Crippen LogP contribution in [0.4, 0.5) is 26.3 Å². The molecule has 0 amide bonds. The highest BCUT2D eigenvalue weighted by Crippen LogP contribution is 2.40. The van der Waals surface area contributed by atoms with E-state index in [2.05, 4.69) is 4.98 Å². The second-order valence-electron chi connectivity index (χ2n) is 4.06. The van der Waals surface area contributed by atoms with Gasteiger partial charge in [-0.3, -0.25) is 9.59 Å². The average molecular weight is 331 g/mol. The number of carbonyl (C=O) groups is 2. The summed E-state index contributed by atoms with van der Waals surface area (Å²) in [6.07, 6.45) is -12.4. The molecule has 0 aromatic carbocycles. The molecule has 1 heterocycles. The van der Waals surface area contributed by atoms with Crippen LogP contribution in [0.5, 0.6) is 5.75 Å². The summed E-state index contributed by atoms with van der Waals surface area (Å²) >= 11 is 0. The zero-order chi connectivity index (χ0) is 17.3. The maximum absolute atomic E-state index is 12.6. The van der Waals surface area contributed by atoms with Crippen molar-refractivity contribution in [2.45, 2.75) is 25.2 Å². The third kappa shape index (κ3) is 4.09. The zero-order valence-electron chi connectivity index (χ0n) is 10.4. The maximum Gasteiger partial charge on any atom is 0.433 e. The number of nitrogens with zero attached hydrogens (tertiary/aromatic N) is 1. The van der Waals surface area contributed by atoms with E-state index in [0.717, 1.165) is 0 Å². The van der Waals surface area contributed by atoms with Gasteiger partial charge in [0, 0.05) is 6.42 Å². The summed E-state index contributed by atoms with van der Waals surface area (Å²) in [6, 6.07) is -0.427. The van der Waals surface area contributed by atoms with Crippen LogP contribution in [0.25, 0.3) is 0 Å². The van der Waals surface area contributed by atoms with Crippen molar-refractivity contribution >= 4 is 11.8 Å². The molecule has 5 nitrogen and oxygen atoms in total. The fraction of sp³-hybridized carbons (Fsp3) is 0.364. The molecule has 0 saturated heterocycles.